The van der Waals surface area contributed by atoms with Crippen LogP contribution in [0.25, 0.3) is 0 Å². The molecule has 1 aromatic carbocycles. The maximum Gasteiger partial charge on any atom is 0.101 e. The summed E-state index contributed by atoms with van der Waals surface area (Å²) in [6.45, 7) is 3.51. The number of benzene rings is 1. The van der Waals surface area contributed by atoms with Crippen molar-refractivity contribution in [2.24, 2.45) is 0 Å². The monoisotopic (exact) mass is 214 g/mol. The summed E-state index contributed by atoms with van der Waals surface area (Å²) in [5.74, 6) is 0. The van der Waals surface area contributed by atoms with E-state index >= 15 is 0 Å². The molecule has 4 nitrogen and oxygen atoms in total. The number of rotatable bonds is 4. The third kappa shape index (κ3) is 2.65. The minimum atomic E-state index is 0.480. The number of nitrogens with two attached hydrogens (primary N) is 1. The zero-order valence-electron chi connectivity index (χ0n) is 9.27. The fraction of sp³-hybridized carbons (Fsp3) is 0.333. The molecule has 0 aliphatic heterocycles. The molecule has 16 heavy (non-hydrogen) atoms. The standard InChI is InChI=1S/C12H14N4/c1-2-16(7-3-6-13)11-5-4-10(9-14)12(15)8-11/h4-5,8H,2-3,7,15H2,1H3. The van der Waals surface area contributed by atoms with Crippen molar-refractivity contribution in [1.82, 2.24) is 0 Å². The Bertz CT molecular complexity index is 439. The van der Waals surface area contributed by atoms with Crippen molar-refractivity contribution in [2.75, 3.05) is 23.7 Å². The fourth-order valence-electron chi connectivity index (χ4n) is 1.50. The molecule has 0 fully saturated rings. The van der Waals surface area contributed by atoms with Crippen LogP contribution in [0.5, 0.6) is 0 Å². The van der Waals surface area contributed by atoms with Gasteiger partial charge in [0.2, 0.25) is 0 Å². The highest BCUT2D eigenvalue weighted by Gasteiger charge is 2.06. The van der Waals surface area contributed by atoms with E-state index in [1.54, 1.807) is 12.1 Å². The van der Waals surface area contributed by atoms with E-state index in [-0.39, 0.29) is 0 Å². The van der Waals surface area contributed by atoms with Crippen molar-refractivity contribution in [3.8, 4) is 12.1 Å². The number of nitrogens with zero attached hydrogens (tertiary/aromatic N) is 3. The van der Waals surface area contributed by atoms with E-state index in [1.807, 2.05) is 19.1 Å². The Kier molecular flexibility index (Phi) is 4.17. The van der Waals surface area contributed by atoms with E-state index in [0.29, 0.717) is 24.2 Å². The molecular weight excluding hydrogens is 200 g/mol. The van der Waals surface area contributed by atoms with E-state index in [4.69, 9.17) is 16.3 Å². The van der Waals surface area contributed by atoms with Crippen LogP contribution in [-0.2, 0) is 0 Å². The van der Waals surface area contributed by atoms with Crippen LogP contribution in [0, 0.1) is 22.7 Å². The Morgan fingerprint density at radius 2 is 2.12 bits per heavy atom. The number of hydrogen-bond acceptors (Lipinski definition) is 4. The lowest BCUT2D eigenvalue weighted by atomic mass is 10.1. The maximum absolute atomic E-state index is 8.76. The van der Waals surface area contributed by atoms with Gasteiger partial charge in [-0.25, -0.2) is 0 Å². The van der Waals surface area contributed by atoms with Gasteiger partial charge in [-0.15, -0.1) is 0 Å². The molecule has 4 heteroatoms. The van der Waals surface area contributed by atoms with Crippen molar-refractivity contribution in [3.05, 3.63) is 23.8 Å². The maximum atomic E-state index is 8.76. The molecule has 0 aliphatic rings. The Hall–Kier alpha value is -2.20. The summed E-state index contributed by atoms with van der Waals surface area (Å²) in [5, 5.41) is 17.3. The summed E-state index contributed by atoms with van der Waals surface area (Å²) in [4.78, 5) is 2.06. The van der Waals surface area contributed by atoms with Gasteiger partial charge >= 0.3 is 0 Å². The molecule has 82 valence electrons. The Morgan fingerprint density at radius 3 is 2.62 bits per heavy atom. The molecular formula is C12H14N4. The van der Waals surface area contributed by atoms with Crippen LogP contribution in [0.1, 0.15) is 18.9 Å². The zero-order valence-corrected chi connectivity index (χ0v) is 9.27. The van der Waals surface area contributed by atoms with E-state index in [9.17, 15) is 0 Å². The van der Waals surface area contributed by atoms with Gasteiger partial charge in [0.1, 0.15) is 6.07 Å². The average Bonchev–Trinajstić information content (AvgIpc) is 2.30. The highest BCUT2D eigenvalue weighted by Crippen LogP contribution is 2.21. The van der Waals surface area contributed by atoms with Gasteiger partial charge in [0.15, 0.2) is 0 Å². The third-order valence-electron chi connectivity index (χ3n) is 2.40. The smallest absolute Gasteiger partial charge is 0.101 e. The number of hydrogen-bond donors (Lipinski definition) is 1. The van der Waals surface area contributed by atoms with Crippen molar-refractivity contribution < 1.29 is 0 Å². The normalized spacial score (nSPS) is 9.19. The second kappa shape index (κ2) is 5.63. The molecule has 0 heterocycles. The molecule has 1 rings (SSSR count). The highest BCUT2D eigenvalue weighted by atomic mass is 15.1. The quantitative estimate of drug-likeness (QED) is 0.776. The molecule has 0 aromatic heterocycles. The second-order valence-corrected chi connectivity index (χ2v) is 3.37. The lowest BCUT2D eigenvalue weighted by Gasteiger charge is -2.22. The number of nitrogen functional groups attached to an aromatic ring is 1. The van der Waals surface area contributed by atoms with E-state index in [1.165, 1.54) is 0 Å². The Labute approximate surface area is 95.5 Å². The van der Waals surface area contributed by atoms with Crippen molar-refractivity contribution in [3.63, 3.8) is 0 Å². The molecule has 0 bridgehead atoms. The van der Waals surface area contributed by atoms with Crippen LogP contribution in [0.4, 0.5) is 11.4 Å². The van der Waals surface area contributed by atoms with Crippen LogP contribution in [0.3, 0.4) is 0 Å². The van der Waals surface area contributed by atoms with E-state index in [0.717, 1.165) is 12.2 Å². The molecule has 0 spiro atoms. The minimum absolute atomic E-state index is 0.480. The van der Waals surface area contributed by atoms with Gasteiger partial charge in [-0.2, -0.15) is 10.5 Å². The molecule has 0 radical (unpaired) electrons. The lowest BCUT2D eigenvalue weighted by Crippen LogP contribution is -2.23. The van der Waals surface area contributed by atoms with Gasteiger partial charge in [-0.3, -0.25) is 0 Å². The molecule has 0 unspecified atom stereocenters. The lowest BCUT2D eigenvalue weighted by molar-refractivity contribution is 0.827. The van der Waals surface area contributed by atoms with Crippen LogP contribution in [-0.4, -0.2) is 13.1 Å². The Balaban J connectivity index is 2.91. The average molecular weight is 214 g/mol. The SMILES string of the molecule is CCN(CCC#N)c1ccc(C#N)c(N)c1. The van der Waals surface area contributed by atoms with Crippen LogP contribution in [0.15, 0.2) is 18.2 Å². The predicted octanol–water partition coefficient (Wildman–Crippen LogP) is 1.88. The van der Waals surface area contributed by atoms with E-state index in [2.05, 4.69) is 11.0 Å². The van der Waals surface area contributed by atoms with Crippen LogP contribution < -0.4 is 10.6 Å². The van der Waals surface area contributed by atoms with Crippen LogP contribution >= 0.6 is 0 Å². The summed E-state index contributed by atoms with van der Waals surface area (Å²) in [6, 6.07) is 9.48. The summed E-state index contributed by atoms with van der Waals surface area (Å²) in [6.07, 6.45) is 0.480. The summed E-state index contributed by atoms with van der Waals surface area (Å²) in [5.41, 5.74) is 7.66. The molecule has 0 saturated carbocycles. The first kappa shape index (κ1) is 11.9. The van der Waals surface area contributed by atoms with Gasteiger partial charge in [0.05, 0.1) is 23.7 Å². The molecule has 0 saturated heterocycles. The largest absolute Gasteiger partial charge is 0.398 e. The van der Waals surface area contributed by atoms with Gasteiger partial charge < -0.3 is 10.6 Å². The van der Waals surface area contributed by atoms with Crippen molar-refractivity contribution in [2.45, 2.75) is 13.3 Å². The molecule has 0 atom stereocenters. The number of nitriles is 2. The fourth-order valence-corrected chi connectivity index (χ4v) is 1.50. The van der Waals surface area contributed by atoms with Gasteiger partial charge in [-0.05, 0) is 25.1 Å². The van der Waals surface area contributed by atoms with Gasteiger partial charge in [-0.1, -0.05) is 0 Å². The number of anilines is 2. The van der Waals surface area contributed by atoms with Gasteiger partial charge in [0.25, 0.3) is 0 Å². The summed E-state index contributed by atoms with van der Waals surface area (Å²) >= 11 is 0. The summed E-state index contributed by atoms with van der Waals surface area (Å²) < 4.78 is 0. The van der Waals surface area contributed by atoms with Crippen LogP contribution in [0.2, 0.25) is 0 Å². The van der Waals surface area contributed by atoms with Gasteiger partial charge in [0, 0.05) is 18.8 Å². The second-order valence-electron chi connectivity index (χ2n) is 3.37. The van der Waals surface area contributed by atoms with Crippen molar-refractivity contribution in [1.29, 1.82) is 10.5 Å². The zero-order chi connectivity index (χ0) is 12.0. The first-order valence-electron chi connectivity index (χ1n) is 5.14. The predicted molar refractivity (Wildman–Crippen MR) is 63.7 cm³/mol. The summed E-state index contributed by atoms with van der Waals surface area (Å²) in [7, 11) is 0. The Morgan fingerprint density at radius 1 is 1.38 bits per heavy atom. The molecule has 1 aromatic rings. The van der Waals surface area contributed by atoms with E-state index < -0.39 is 0 Å². The third-order valence-corrected chi connectivity index (χ3v) is 2.40. The topological polar surface area (TPSA) is 76.8 Å². The highest BCUT2D eigenvalue weighted by molar-refractivity contribution is 5.63. The molecule has 0 amide bonds. The molecule has 2 N–H and O–H groups in total. The first-order chi connectivity index (χ1) is 7.72. The molecule has 0 aliphatic carbocycles. The minimum Gasteiger partial charge on any atom is -0.398 e. The first-order valence-corrected chi connectivity index (χ1v) is 5.14. The van der Waals surface area contributed by atoms with Crippen molar-refractivity contribution >= 4 is 11.4 Å².